The minimum atomic E-state index is -0.578. The number of fused-ring (bicyclic) bond motifs is 1. The lowest BCUT2D eigenvalue weighted by molar-refractivity contribution is -0.384. The van der Waals surface area contributed by atoms with Crippen molar-refractivity contribution in [1.29, 1.82) is 0 Å². The van der Waals surface area contributed by atoms with Crippen LogP contribution in [0.5, 0.6) is 0 Å². The molecule has 27 heavy (non-hydrogen) atoms. The average molecular weight is 433 g/mol. The maximum atomic E-state index is 12.3. The van der Waals surface area contributed by atoms with Crippen molar-refractivity contribution in [3.05, 3.63) is 73.7 Å². The third kappa shape index (κ3) is 4.03. The van der Waals surface area contributed by atoms with Crippen LogP contribution in [0, 0.1) is 10.1 Å². The third-order valence-corrected chi connectivity index (χ3v) is 4.51. The van der Waals surface area contributed by atoms with Crippen molar-refractivity contribution in [3.8, 4) is 0 Å². The molecule has 1 heterocycles. The highest BCUT2D eigenvalue weighted by molar-refractivity contribution is 9.10. The van der Waals surface area contributed by atoms with Crippen molar-refractivity contribution in [2.75, 3.05) is 6.54 Å². The largest absolute Gasteiger partial charge is 0.461 e. The molecule has 138 valence electrons. The van der Waals surface area contributed by atoms with Crippen molar-refractivity contribution < 1.29 is 24.0 Å². The van der Waals surface area contributed by atoms with Crippen molar-refractivity contribution in [1.82, 2.24) is 4.90 Å². The highest BCUT2D eigenvalue weighted by Gasteiger charge is 2.35. The fourth-order valence-corrected chi connectivity index (χ4v) is 2.98. The van der Waals surface area contributed by atoms with E-state index in [0.29, 0.717) is 21.2 Å². The zero-order valence-electron chi connectivity index (χ0n) is 13.9. The van der Waals surface area contributed by atoms with Gasteiger partial charge in [-0.2, -0.15) is 0 Å². The van der Waals surface area contributed by atoms with E-state index in [1.54, 1.807) is 18.2 Å². The van der Waals surface area contributed by atoms with Gasteiger partial charge in [-0.1, -0.05) is 15.9 Å². The van der Waals surface area contributed by atoms with Crippen LogP contribution in [0.15, 0.2) is 46.9 Å². The van der Waals surface area contributed by atoms with Gasteiger partial charge in [-0.25, -0.2) is 0 Å². The molecule has 0 saturated carbocycles. The molecule has 1 aliphatic rings. The first-order valence-electron chi connectivity index (χ1n) is 7.91. The second kappa shape index (κ2) is 7.67. The number of esters is 1. The fraction of sp³-hybridized carbons (Fsp3) is 0.167. The molecule has 0 radical (unpaired) electrons. The Hall–Kier alpha value is -3.07. The predicted octanol–water partition coefficient (Wildman–Crippen LogP) is 3.09. The molecule has 0 N–H and O–H groups in total. The van der Waals surface area contributed by atoms with E-state index in [1.165, 1.54) is 24.3 Å². The molecule has 0 fully saturated rings. The summed E-state index contributed by atoms with van der Waals surface area (Å²) in [5.74, 6) is -1.46. The second-order valence-electron chi connectivity index (χ2n) is 5.79. The number of hydrogen-bond acceptors (Lipinski definition) is 6. The quantitative estimate of drug-likeness (QED) is 0.300. The van der Waals surface area contributed by atoms with E-state index in [2.05, 4.69) is 15.9 Å². The molecule has 2 aromatic rings. The van der Waals surface area contributed by atoms with E-state index < -0.39 is 22.7 Å². The molecule has 8 nitrogen and oxygen atoms in total. The van der Waals surface area contributed by atoms with Crippen LogP contribution in [0.2, 0.25) is 0 Å². The van der Waals surface area contributed by atoms with Crippen LogP contribution in [0.25, 0.3) is 0 Å². The molecule has 1 aliphatic heterocycles. The summed E-state index contributed by atoms with van der Waals surface area (Å²) in [4.78, 5) is 47.6. The molecule has 0 bridgehead atoms. The number of nitro groups is 1. The maximum absolute atomic E-state index is 12.3. The van der Waals surface area contributed by atoms with Gasteiger partial charge in [-0.15, -0.1) is 0 Å². The predicted molar refractivity (Wildman–Crippen MR) is 97.0 cm³/mol. The smallest absolute Gasteiger partial charge is 0.307 e. The molecule has 0 aromatic heterocycles. The topological polar surface area (TPSA) is 107 Å². The normalized spacial score (nSPS) is 12.9. The van der Waals surface area contributed by atoms with Gasteiger partial charge in [-0.3, -0.25) is 29.4 Å². The van der Waals surface area contributed by atoms with Gasteiger partial charge in [0.2, 0.25) is 0 Å². The number of non-ortho nitro benzene ring substituents is 1. The van der Waals surface area contributed by atoms with Crippen LogP contribution < -0.4 is 0 Å². The highest BCUT2D eigenvalue weighted by atomic mass is 79.9. The summed E-state index contributed by atoms with van der Waals surface area (Å²) in [6.07, 6.45) is -0.139. The Morgan fingerprint density at radius 1 is 1.07 bits per heavy atom. The molecule has 0 atom stereocenters. The number of hydrogen-bond donors (Lipinski definition) is 0. The van der Waals surface area contributed by atoms with E-state index >= 15 is 0 Å². The number of rotatable bonds is 6. The molecule has 2 aromatic carbocycles. The minimum Gasteiger partial charge on any atom is -0.461 e. The number of imide groups is 1. The molecular weight excluding hydrogens is 420 g/mol. The molecule has 2 amide bonds. The number of nitro benzene ring substituents is 1. The number of carbonyl (C=O) groups is 3. The van der Waals surface area contributed by atoms with Crippen LogP contribution in [0.1, 0.15) is 32.7 Å². The molecule has 0 aliphatic carbocycles. The van der Waals surface area contributed by atoms with E-state index in [0.717, 1.165) is 4.90 Å². The first kappa shape index (κ1) is 18.7. The first-order chi connectivity index (χ1) is 12.9. The molecule has 3 rings (SSSR count). The van der Waals surface area contributed by atoms with Crippen LogP contribution in [-0.2, 0) is 16.1 Å². The summed E-state index contributed by atoms with van der Waals surface area (Å²) < 4.78 is 5.78. The van der Waals surface area contributed by atoms with E-state index in [1.807, 2.05) is 0 Å². The summed E-state index contributed by atoms with van der Waals surface area (Å²) in [6.45, 7) is -0.130. The lowest BCUT2D eigenvalue weighted by Crippen LogP contribution is -2.32. The van der Waals surface area contributed by atoms with Crippen molar-refractivity contribution in [2.45, 2.75) is 13.0 Å². The summed E-state index contributed by atoms with van der Waals surface area (Å²) in [5, 5.41) is 10.6. The number of amides is 2. The monoisotopic (exact) mass is 432 g/mol. The minimum absolute atomic E-state index is 0.0497. The van der Waals surface area contributed by atoms with Crippen LogP contribution in [-0.4, -0.2) is 34.2 Å². The van der Waals surface area contributed by atoms with Crippen LogP contribution in [0.4, 0.5) is 5.69 Å². The first-order valence-corrected chi connectivity index (χ1v) is 8.71. The Morgan fingerprint density at radius 3 is 2.41 bits per heavy atom. The van der Waals surface area contributed by atoms with E-state index in [4.69, 9.17) is 4.74 Å². The molecule has 0 spiro atoms. The number of carbonyl (C=O) groups excluding carboxylic acids is 3. The second-order valence-corrected chi connectivity index (χ2v) is 6.70. The number of benzene rings is 2. The Bertz CT molecular complexity index is 941. The van der Waals surface area contributed by atoms with Gasteiger partial charge in [0.1, 0.15) is 6.61 Å². The van der Waals surface area contributed by atoms with Crippen molar-refractivity contribution >= 4 is 39.4 Å². The van der Waals surface area contributed by atoms with Gasteiger partial charge in [0.15, 0.2) is 0 Å². The summed E-state index contributed by atoms with van der Waals surface area (Å²) >= 11 is 3.26. The third-order valence-electron chi connectivity index (χ3n) is 4.02. The van der Waals surface area contributed by atoms with Crippen molar-refractivity contribution in [2.24, 2.45) is 0 Å². The Morgan fingerprint density at radius 2 is 1.74 bits per heavy atom. The summed E-state index contributed by atoms with van der Waals surface area (Å²) in [6, 6.07) is 10.4. The maximum Gasteiger partial charge on any atom is 0.307 e. The SMILES string of the molecule is O=C(CCN1C(=O)c2ccc(Br)cc2C1=O)OCc1ccc([N+](=O)[O-])cc1. The average Bonchev–Trinajstić information content (AvgIpc) is 2.88. The highest BCUT2D eigenvalue weighted by Crippen LogP contribution is 2.26. The Balaban J connectivity index is 1.53. The number of nitrogens with zero attached hydrogens (tertiary/aromatic N) is 2. The van der Waals surface area contributed by atoms with Crippen LogP contribution >= 0.6 is 15.9 Å². The van der Waals surface area contributed by atoms with Crippen molar-refractivity contribution in [3.63, 3.8) is 0 Å². The number of halogens is 1. The zero-order chi connectivity index (χ0) is 19.6. The standard InChI is InChI=1S/C18H13BrN2O6/c19-12-3-6-14-15(9-12)18(24)20(17(14)23)8-7-16(22)27-10-11-1-4-13(5-2-11)21(25)26/h1-6,9H,7-8,10H2. The van der Waals surface area contributed by atoms with Gasteiger partial charge in [0.25, 0.3) is 17.5 Å². The van der Waals surface area contributed by atoms with Crippen LogP contribution in [0.3, 0.4) is 0 Å². The Kier molecular flexibility index (Phi) is 5.31. The van der Waals surface area contributed by atoms with Gasteiger partial charge >= 0.3 is 5.97 Å². The van der Waals surface area contributed by atoms with Gasteiger partial charge in [-0.05, 0) is 35.9 Å². The summed E-state index contributed by atoms with van der Waals surface area (Å²) in [5.41, 5.74) is 1.15. The van der Waals surface area contributed by atoms with Gasteiger partial charge in [0, 0.05) is 23.2 Å². The van der Waals surface area contributed by atoms with Gasteiger partial charge < -0.3 is 4.74 Å². The Labute approximate surface area is 162 Å². The molecule has 9 heteroatoms. The molecular formula is C18H13BrN2O6. The molecule has 0 saturated heterocycles. The van der Waals surface area contributed by atoms with Gasteiger partial charge in [0.05, 0.1) is 22.5 Å². The van der Waals surface area contributed by atoms with E-state index in [9.17, 15) is 24.5 Å². The number of ether oxygens (including phenoxy) is 1. The lowest BCUT2D eigenvalue weighted by atomic mass is 10.1. The zero-order valence-corrected chi connectivity index (χ0v) is 15.5. The summed E-state index contributed by atoms with van der Waals surface area (Å²) in [7, 11) is 0. The molecule has 0 unspecified atom stereocenters. The fourth-order valence-electron chi connectivity index (χ4n) is 2.62. The lowest BCUT2D eigenvalue weighted by Gasteiger charge is -2.13. The van der Waals surface area contributed by atoms with E-state index in [-0.39, 0.29) is 25.3 Å².